The van der Waals surface area contributed by atoms with Crippen LogP contribution in [0.3, 0.4) is 0 Å². The SMILES string of the molecule is COC(=O)C12CN(Cc3ccccc3)CC1C1(c3ccc(OC)cc3)CCC2c2c(OC)cccc21. The van der Waals surface area contributed by atoms with Gasteiger partial charge in [-0.1, -0.05) is 54.6 Å². The summed E-state index contributed by atoms with van der Waals surface area (Å²) in [6.45, 7) is 2.33. The summed E-state index contributed by atoms with van der Waals surface area (Å²) in [5, 5.41) is 0. The molecule has 4 unspecified atom stereocenters. The Hall–Kier alpha value is -3.31. The maximum atomic E-state index is 13.9. The largest absolute Gasteiger partial charge is 0.497 e. The molecule has 1 aliphatic heterocycles. The van der Waals surface area contributed by atoms with Crippen LogP contribution in [0.15, 0.2) is 72.8 Å². The summed E-state index contributed by atoms with van der Waals surface area (Å²) in [7, 11) is 4.97. The van der Waals surface area contributed by atoms with Crippen molar-refractivity contribution in [3.05, 3.63) is 95.1 Å². The number of ether oxygens (including phenoxy) is 3. The lowest BCUT2D eigenvalue weighted by Crippen LogP contribution is -2.60. The van der Waals surface area contributed by atoms with Crippen LogP contribution in [0.2, 0.25) is 0 Å². The third-order valence-corrected chi connectivity index (χ3v) is 9.13. The van der Waals surface area contributed by atoms with Crippen molar-refractivity contribution in [2.24, 2.45) is 11.3 Å². The van der Waals surface area contributed by atoms with Crippen LogP contribution < -0.4 is 9.47 Å². The first-order valence-electron chi connectivity index (χ1n) is 12.7. The maximum Gasteiger partial charge on any atom is 0.314 e. The molecule has 5 nitrogen and oxygen atoms in total. The molecule has 3 aliphatic carbocycles. The van der Waals surface area contributed by atoms with Crippen LogP contribution in [-0.2, 0) is 21.5 Å². The summed E-state index contributed by atoms with van der Waals surface area (Å²) in [5.74, 6) is 1.76. The molecule has 3 aromatic carbocycles. The zero-order chi connectivity index (χ0) is 24.9. The van der Waals surface area contributed by atoms with Crippen LogP contribution in [-0.4, -0.2) is 45.3 Å². The van der Waals surface area contributed by atoms with Crippen molar-refractivity contribution < 1.29 is 19.0 Å². The van der Waals surface area contributed by atoms with E-state index in [2.05, 4.69) is 53.4 Å². The van der Waals surface area contributed by atoms with Gasteiger partial charge in [0.2, 0.25) is 0 Å². The molecule has 4 atom stereocenters. The highest BCUT2D eigenvalue weighted by Crippen LogP contribution is 2.70. The number of carbonyl (C=O) groups excluding carboxylic acids is 1. The second-order valence-corrected chi connectivity index (χ2v) is 10.5. The van der Waals surface area contributed by atoms with Gasteiger partial charge in [0, 0.05) is 42.4 Å². The highest BCUT2D eigenvalue weighted by molar-refractivity contribution is 5.83. The summed E-state index contributed by atoms with van der Waals surface area (Å²) >= 11 is 0. The van der Waals surface area contributed by atoms with E-state index in [1.54, 1.807) is 21.3 Å². The topological polar surface area (TPSA) is 48.0 Å². The minimum Gasteiger partial charge on any atom is -0.497 e. The molecule has 4 aliphatic rings. The minimum absolute atomic E-state index is 0.0574. The van der Waals surface area contributed by atoms with E-state index in [0.29, 0.717) is 6.54 Å². The van der Waals surface area contributed by atoms with Crippen molar-refractivity contribution >= 4 is 5.97 Å². The van der Waals surface area contributed by atoms with Crippen LogP contribution >= 0.6 is 0 Å². The van der Waals surface area contributed by atoms with Crippen molar-refractivity contribution in [2.45, 2.75) is 30.7 Å². The first kappa shape index (κ1) is 23.1. The Bertz CT molecular complexity index is 1270. The van der Waals surface area contributed by atoms with Gasteiger partial charge < -0.3 is 14.2 Å². The van der Waals surface area contributed by atoms with Crippen molar-refractivity contribution in [3.63, 3.8) is 0 Å². The fourth-order valence-electron chi connectivity index (χ4n) is 7.80. The summed E-state index contributed by atoms with van der Waals surface area (Å²) in [6, 6.07) is 25.4. The monoisotopic (exact) mass is 483 g/mol. The van der Waals surface area contributed by atoms with E-state index in [0.717, 1.165) is 37.4 Å². The average molecular weight is 484 g/mol. The van der Waals surface area contributed by atoms with Gasteiger partial charge in [-0.25, -0.2) is 0 Å². The number of fused-ring (bicyclic) bond motifs is 1. The first-order valence-corrected chi connectivity index (χ1v) is 12.7. The number of benzene rings is 3. The van der Waals surface area contributed by atoms with E-state index < -0.39 is 5.41 Å². The average Bonchev–Trinajstić information content (AvgIpc) is 3.34. The fraction of sp³-hybridized carbons (Fsp3) is 0.387. The number of likely N-dealkylation sites (tertiary alicyclic amines) is 1. The van der Waals surface area contributed by atoms with Crippen molar-refractivity contribution in [3.8, 4) is 11.5 Å². The molecule has 2 bridgehead atoms. The zero-order valence-corrected chi connectivity index (χ0v) is 21.2. The first-order chi connectivity index (χ1) is 17.6. The Morgan fingerprint density at radius 1 is 0.944 bits per heavy atom. The summed E-state index contributed by atoms with van der Waals surface area (Å²) in [5.41, 5.74) is 4.03. The number of hydrogen-bond acceptors (Lipinski definition) is 5. The van der Waals surface area contributed by atoms with E-state index in [1.165, 1.54) is 22.3 Å². The Balaban J connectivity index is 1.57. The predicted molar refractivity (Wildman–Crippen MR) is 138 cm³/mol. The van der Waals surface area contributed by atoms with Crippen LogP contribution in [0, 0.1) is 11.3 Å². The normalized spacial score (nSPS) is 28.3. The highest BCUT2D eigenvalue weighted by atomic mass is 16.5. The molecular formula is C31H33NO4. The summed E-state index contributed by atoms with van der Waals surface area (Å²) < 4.78 is 17.0. The highest BCUT2D eigenvalue weighted by Gasteiger charge is 2.71. The Labute approximate surface area is 213 Å². The molecule has 0 amide bonds. The molecular weight excluding hydrogens is 450 g/mol. The van der Waals surface area contributed by atoms with Gasteiger partial charge in [0.05, 0.1) is 26.7 Å². The lowest BCUT2D eigenvalue weighted by atomic mass is 9.42. The second-order valence-electron chi connectivity index (χ2n) is 10.5. The molecule has 3 aromatic rings. The molecule has 0 aromatic heterocycles. The van der Waals surface area contributed by atoms with Gasteiger partial charge in [0.15, 0.2) is 0 Å². The quantitative estimate of drug-likeness (QED) is 0.453. The molecule has 186 valence electrons. The minimum atomic E-state index is -0.636. The number of nitrogens with zero attached hydrogens (tertiary/aromatic N) is 1. The van der Waals surface area contributed by atoms with Gasteiger partial charge in [-0.2, -0.15) is 0 Å². The number of carbonyl (C=O) groups is 1. The summed E-state index contributed by atoms with van der Waals surface area (Å²) in [6.07, 6.45) is 1.91. The van der Waals surface area contributed by atoms with Crippen molar-refractivity contribution in [2.75, 3.05) is 34.4 Å². The molecule has 1 saturated carbocycles. The molecule has 1 heterocycles. The number of rotatable bonds is 6. The van der Waals surface area contributed by atoms with Gasteiger partial charge in [-0.3, -0.25) is 9.69 Å². The maximum absolute atomic E-state index is 13.9. The molecule has 0 radical (unpaired) electrons. The molecule has 5 heteroatoms. The van der Waals surface area contributed by atoms with E-state index in [9.17, 15) is 4.79 Å². The van der Waals surface area contributed by atoms with Crippen LogP contribution in [0.1, 0.15) is 41.0 Å². The van der Waals surface area contributed by atoms with Crippen LogP contribution in [0.25, 0.3) is 0 Å². The number of hydrogen-bond donors (Lipinski definition) is 0. The van der Waals surface area contributed by atoms with E-state index in [1.807, 2.05) is 24.3 Å². The van der Waals surface area contributed by atoms with Gasteiger partial charge in [0.1, 0.15) is 11.5 Å². The Kier molecular flexibility index (Phi) is 5.56. The van der Waals surface area contributed by atoms with Gasteiger partial charge in [0.25, 0.3) is 0 Å². The number of methoxy groups -OCH3 is 3. The van der Waals surface area contributed by atoms with E-state index >= 15 is 0 Å². The van der Waals surface area contributed by atoms with Crippen molar-refractivity contribution in [1.29, 1.82) is 0 Å². The van der Waals surface area contributed by atoms with Crippen LogP contribution in [0.4, 0.5) is 0 Å². The predicted octanol–water partition coefficient (Wildman–Crippen LogP) is 5.17. The fourth-order valence-corrected chi connectivity index (χ4v) is 7.80. The summed E-state index contributed by atoms with van der Waals surface area (Å²) in [4.78, 5) is 16.4. The Morgan fingerprint density at radius 2 is 1.72 bits per heavy atom. The molecule has 1 saturated heterocycles. The Morgan fingerprint density at radius 3 is 2.42 bits per heavy atom. The molecule has 7 rings (SSSR count). The van der Waals surface area contributed by atoms with Crippen LogP contribution in [0.5, 0.6) is 11.5 Å². The molecule has 2 fully saturated rings. The molecule has 0 spiro atoms. The van der Waals surface area contributed by atoms with E-state index in [-0.39, 0.29) is 23.2 Å². The third kappa shape index (κ3) is 3.08. The second kappa shape index (κ2) is 8.67. The van der Waals surface area contributed by atoms with Gasteiger partial charge in [-0.05, 0) is 47.7 Å². The lowest BCUT2D eigenvalue weighted by Gasteiger charge is -2.59. The molecule has 36 heavy (non-hydrogen) atoms. The number of esters is 1. The lowest BCUT2D eigenvalue weighted by molar-refractivity contribution is -0.161. The third-order valence-electron chi connectivity index (χ3n) is 9.13. The smallest absolute Gasteiger partial charge is 0.314 e. The van der Waals surface area contributed by atoms with E-state index in [4.69, 9.17) is 14.2 Å². The standard InChI is InChI=1S/C31H33NO4/c1-34-23-14-12-22(13-15-23)30-17-16-25(28-24(30)10-7-11-26(28)35-2)31(29(33)36-3)20-32(19-27(30)31)18-21-8-5-4-6-9-21/h4-15,25,27H,16-20H2,1-3H3. The zero-order valence-electron chi connectivity index (χ0n) is 21.2. The van der Waals surface area contributed by atoms with Crippen molar-refractivity contribution in [1.82, 2.24) is 4.90 Å². The molecule has 0 N–H and O–H groups in total. The van der Waals surface area contributed by atoms with Gasteiger partial charge >= 0.3 is 5.97 Å². The van der Waals surface area contributed by atoms with Gasteiger partial charge in [-0.15, -0.1) is 0 Å².